The monoisotopic (exact) mass is 382 g/mol. The molecule has 0 aromatic carbocycles. The van der Waals surface area contributed by atoms with Crippen molar-refractivity contribution >= 4 is 0 Å². The smallest absolute Gasteiger partial charge is 0.266 e. The molecule has 4 heteroatoms. The molecule has 0 atom stereocenters. The maximum atomic E-state index is 12.4. The van der Waals surface area contributed by atoms with Crippen LogP contribution in [0, 0.1) is 29.6 Å². The number of rotatable bonds is 6. The van der Waals surface area contributed by atoms with Gasteiger partial charge in [-0.15, -0.1) is 0 Å². The quantitative estimate of drug-likeness (QED) is 0.474. The lowest BCUT2D eigenvalue weighted by Crippen LogP contribution is -2.38. The van der Waals surface area contributed by atoms with Gasteiger partial charge in [-0.2, -0.15) is 8.78 Å². The highest BCUT2D eigenvalue weighted by atomic mass is 19.3. The van der Waals surface area contributed by atoms with Gasteiger partial charge in [-0.25, -0.2) is 0 Å². The van der Waals surface area contributed by atoms with Crippen molar-refractivity contribution in [2.45, 2.75) is 77.4 Å². The van der Waals surface area contributed by atoms with Crippen LogP contribution >= 0.6 is 0 Å². The highest BCUT2D eigenvalue weighted by molar-refractivity contribution is 4.92. The highest BCUT2D eigenvalue weighted by Gasteiger charge is 2.35. The van der Waals surface area contributed by atoms with Crippen molar-refractivity contribution in [2.24, 2.45) is 29.6 Å². The van der Waals surface area contributed by atoms with Gasteiger partial charge in [-0.05, 0) is 94.5 Å². The Morgan fingerprint density at radius 2 is 1.33 bits per heavy atom. The Bertz CT molecular complexity index is 477. The van der Waals surface area contributed by atoms with E-state index in [1.165, 1.54) is 31.8 Å². The van der Waals surface area contributed by atoms with Crippen molar-refractivity contribution in [3.63, 3.8) is 0 Å². The molecular weight excluding hydrogens is 346 g/mol. The van der Waals surface area contributed by atoms with Crippen LogP contribution in [0.4, 0.5) is 8.78 Å². The Kier molecular flexibility index (Phi) is 8.32. The van der Waals surface area contributed by atoms with Crippen molar-refractivity contribution < 1.29 is 18.3 Å². The van der Waals surface area contributed by atoms with E-state index in [1.807, 2.05) is 6.92 Å². The summed E-state index contributed by atoms with van der Waals surface area (Å²) < 4.78 is 36.8. The maximum Gasteiger partial charge on any atom is 0.266 e. The van der Waals surface area contributed by atoms with Crippen molar-refractivity contribution in [2.75, 3.05) is 13.2 Å². The minimum absolute atomic E-state index is 0.0211. The van der Waals surface area contributed by atoms with Crippen LogP contribution in [-0.4, -0.2) is 19.5 Å². The normalized spacial score (nSPS) is 38.0. The first-order valence-electron chi connectivity index (χ1n) is 11.0. The van der Waals surface area contributed by atoms with E-state index in [0.29, 0.717) is 5.92 Å². The minimum Gasteiger partial charge on any atom is -0.352 e. The Hall–Kier alpha value is -0.740. The van der Waals surface area contributed by atoms with E-state index >= 15 is 0 Å². The van der Waals surface area contributed by atoms with Gasteiger partial charge in [0.05, 0.1) is 13.2 Å². The number of ether oxygens (including phenoxy) is 2. The molecule has 0 amide bonds. The number of hydrogen-bond acceptors (Lipinski definition) is 2. The second-order valence-electron chi connectivity index (χ2n) is 8.81. The van der Waals surface area contributed by atoms with E-state index in [4.69, 9.17) is 9.47 Å². The molecule has 1 aliphatic heterocycles. The average molecular weight is 383 g/mol. The summed E-state index contributed by atoms with van der Waals surface area (Å²) in [6, 6.07) is 0. The molecule has 27 heavy (non-hydrogen) atoms. The molecule has 0 bridgehead atoms. The fourth-order valence-electron chi connectivity index (χ4n) is 5.44. The zero-order chi connectivity index (χ0) is 19.1. The van der Waals surface area contributed by atoms with Gasteiger partial charge in [0.15, 0.2) is 6.29 Å². The van der Waals surface area contributed by atoms with Gasteiger partial charge in [-0.1, -0.05) is 12.2 Å². The molecule has 2 nitrogen and oxygen atoms in total. The molecule has 1 saturated heterocycles. The van der Waals surface area contributed by atoms with Gasteiger partial charge < -0.3 is 9.47 Å². The second kappa shape index (κ2) is 10.7. The largest absolute Gasteiger partial charge is 0.352 e. The first-order valence-corrected chi connectivity index (χ1v) is 11.0. The number of allylic oxidation sites excluding steroid dienone is 3. The lowest BCUT2D eigenvalue weighted by Gasteiger charge is -2.41. The van der Waals surface area contributed by atoms with Gasteiger partial charge >= 0.3 is 0 Å². The van der Waals surface area contributed by atoms with E-state index in [9.17, 15) is 8.78 Å². The van der Waals surface area contributed by atoms with Gasteiger partial charge in [0, 0.05) is 12.3 Å². The van der Waals surface area contributed by atoms with E-state index < -0.39 is 6.08 Å². The number of hydrogen-bond donors (Lipinski definition) is 0. The number of halogens is 2. The van der Waals surface area contributed by atoms with E-state index in [0.717, 1.165) is 69.5 Å². The Balaban J connectivity index is 1.34. The zero-order valence-electron chi connectivity index (χ0n) is 16.8. The van der Waals surface area contributed by atoms with Gasteiger partial charge in [0.1, 0.15) is 0 Å². The summed E-state index contributed by atoms with van der Waals surface area (Å²) >= 11 is 0. The van der Waals surface area contributed by atoms with Crippen LogP contribution in [0.2, 0.25) is 0 Å². The highest BCUT2D eigenvalue weighted by Crippen LogP contribution is 2.43. The van der Waals surface area contributed by atoms with Crippen molar-refractivity contribution in [3.05, 3.63) is 24.3 Å². The van der Waals surface area contributed by atoms with Crippen molar-refractivity contribution in [1.82, 2.24) is 0 Å². The predicted molar refractivity (Wildman–Crippen MR) is 104 cm³/mol. The van der Waals surface area contributed by atoms with Gasteiger partial charge in [0.2, 0.25) is 0 Å². The Morgan fingerprint density at radius 3 is 1.85 bits per heavy atom. The van der Waals surface area contributed by atoms with Gasteiger partial charge in [-0.3, -0.25) is 0 Å². The molecule has 0 N–H and O–H groups in total. The lowest BCUT2D eigenvalue weighted by molar-refractivity contribution is -0.212. The van der Waals surface area contributed by atoms with Crippen LogP contribution < -0.4 is 0 Å². The second-order valence-corrected chi connectivity index (χ2v) is 8.81. The Morgan fingerprint density at radius 1 is 0.815 bits per heavy atom. The van der Waals surface area contributed by atoms with Crippen LogP contribution in [0.3, 0.4) is 0 Å². The molecular formula is C23H36F2O2. The zero-order valence-corrected chi connectivity index (χ0v) is 16.8. The predicted octanol–water partition coefficient (Wildman–Crippen LogP) is 6.73. The van der Waals surface area contributed by atoms with Crippen LogP contribution in [0.1, 0.15) is 71.1 Å². The van der Waals surface area contributed by atoms with Crippen molar-refractivity contribution in [3.8, 4) is 0 Å². The molecule has 3 rings (SSSR count). The lowest BCUT2D eigenvalue weighted by atomic mass is 9.67. The molecule has 154 valence electrons. The molecule has 0 radical (unpaired) electrons. The summed E-state index contributed by atoms with van der Waals surface area (Å²) in [5.74, 6) is 2.96. The summed E-state index contributed by atoms with van der Waals surface area (Å²) in [7, 11) is 0. The summed E-state index contributed by atoms with van der Waals surface area (Å²) in [6.07, 6.45) is 15.2. The summed E-state index contributed by atoms with van der Waals surface area (Å²) in [5.41, 5.74) is 0. The van der Waals surface area contributed by atoms with Crippen molar-refractivity contribution in [1.29, 1.82) is 0 Å². The average Bonchev–Trinajstić information content (AvgIpc) is 2.69. The fraction of sp³-hybridized carbons (Fsp3) is 0.826. The third kappa shape index (κ3) is 6.39. The molecule has 1 heterocycles. The van der Waals surface area contributed by atoms with Crippen LogP contribution in [0.15, 0.2) is 24.3 Å². The SMILES string of the molecule is CC=CCCC1OCC(C2CCC(C3CCC(C=C(F)F)CC3)CC2)CO1. The molecule has 0 unspecified atom stereocenters. The minimum atomic E-state index is -1.50. The molecule has 3 aliphatic rings. The standard InChI is InChI=1S/C23H36F2O2/c1-2-3-4-5-23-26-15-21(16-27-23)20-12-10-19(11-13-20)18-8-6-17(7-9-18)14-22(24)25/h2-3,14,17-21,23H,4-13,15-16H2,1H3. The fourth-order valence-corrected chi connectivity index (χ4v) is 5.44. The summed E-state index contributed by atoms with van der Waals surface area (Å²) in [4.78, 5) is 0. The molecule has 0 aromatic rings. The van der Waals surface area contributed by atoms with Crippen LogP contribution in [0.25, 0.3) is 0 Å². The van der Waals surface area contributed by atoms with E-state index in [2.05, 4.69) is 12.2 Å². The topological polar surface area (TPSA) is 18.5 Å². The third-order valence-corrected chi connectivity index (χ3v) is 7.13. The molecule has 0 aromatic heterocycles. The summed E-state index contributed by atoms with van der Waals surface area (Å²) in [6.45, 7) is 3.74. The molecule has 2 aliphatic carbocycles. The van der Waals surface area contributed by atoms with Crippen LogP contribution in [-0.2, 0) is 9.47 Å². The first-order chi connectivity index (χ1) is 13.2. The first kappa shape index (κ1) is 21.0. The van der Waals surface area contributed by atoms with Crippen LogP contribution in [0.5, 0.6) is 0 Å². The third-order valence-electron chi connectivity index (χ3n) is 7.13. The van der Waals surface area contributed by atoms with Gasteiger partial charge in [0.25, 0.3) is 6.08 Å². The molecule has 3 fully saturated rings. The summed E-state index contributed by atoms with van der Waals surface area (Å²) in [5, 5.41) is 0. The molecule has 2 saturated carbocycles. The van der Waals surface area contributed by atoms with E-state index in [-0.39, 0.29) is 12.2 Å². The Labute approximate surface area is 163 Å². The van der Waals surface area contributed by atoms with E-state index in [1.54, 1.807) is 0 Å². The molecule has 0 spiro atoms. The maximum absolute atomic E-state index is 12.4.